The van der Waals surface area contributed by atoms with Crippen LogP contribution in [-0.2, 0) is 19.1 Å². The number of rotatable bonds is 7. The summed E-state index contributed by atoms with van der Waals surface area (Å²) in [4.78, 5) is 35.7. The van der Waals surface area contributed by atoms with Gasteiger partial charge in [-0.25, -0.2) is 9.79 Å². The van der Waals surface area contributed by atoms with E-state index in [0.29, 0.717) is 43.5 Å². The molecular formula is C30H33N3O4S. The van der Waals surface area contributed by atoms with Gasteiger partial charge in [-0.2, -0.15) is 0 Å². The van der Waals surface area contributed by atoms with Gasteiger partial charge in [-0.05, 0) is 29.4 Å². The van der Waals surface area contributed by atoms with Crippen LogP contribution in [0.15, 0.2) is 76.3 Å². The number of esters is 1. The fraction of sp³-hybridized carbons (Fsp3) is 0.367. The first-order chi connectivity index (χ1) is 18.5. The van der Waals surface area contributed by atoms with Crippen molar-refractivity contribution >= 4 is 34.5 Å². The standard InChI is InChI=1S/C30H33N3O4S/c1-4-37-29(35)26-27(22-8-6-5-7-9-22)31-30-33(28(26)23-12-10-21(11-13-23)20(2)3)24(19-38-30)18-25(34)32-14-16-36-17-15-32/h5-13,19-20,28H,4,14-18H2,1-3H3. The monoisotopic (exact) mass is 531 g/mol. The minimum absolute atomic E-state index is 0.0471. The number of aliphatic imine (C=N–C) groups is 1. The molecule has 7 nitrogen and oxygen atoms in total. The zero-order valence-corrected chi connectivity index (χ0v) is 22.9. The van der Waals surface area contributed by atoms with Crippen LogP contribution in [-0.4, -0.2) is 59.8 Å². The van der Waals surface area contributed by atoms with Gasteiger partial charge in [0.25, 0.3) is 0 Å². The molecule has 3 heterocycles. The SMILES string of the molecule is CCOC(=O)C1=C(c2ccccc2)N=C2SC=C(CC(=O)N3CCOCC3)N2C1c1ccc(C(C)C)cc1. The number of amides is 1. The van der Waals surface area contributed by atoms with E-state index in [-0.39, 0.29) is 18.9 Å². The summed E-state index contributed by atoms with van der Waals surface area (Å²) in [6, 6.07) is 17.7. The lowest BCUT2D eigenvalue weighted by Gasteiger charge is -2.37. The van der Waals surface area contributed by atoms with Crippen molar-refractivity contribution in [3.8, 4) is 0 Å². The zero-order chi connectivity index (χ0) is 26.6. The van der Waals surface area contributed by atoms with E-state index in [1.807, 2.05) is 52.5 Å². The van der Waals surface area contributed by atoms with Crippen LogP contribution in [0.25, 0.3) is 5.70 Å². The first-order valence-corrected chi connectivity index (χ1v) is 14.0. The Morgan fingerprint density at radius 1 is 1.08 bits per heavy atom. The molecule has 3 aliphatic heterocycles. The van der Waals surface area contributed by atoms with Crippen LogP contribution in [0.3, 0.4) is 0 Å². The van der Waals surface area contributed by atoms with Crippen LogP contribution < -0.4 is 0 Å². The lowest BCUT2D eigenvalue weighted by atomic mass is 9.90. The summed E-state index contributed by atoms with van der Waals surface area (Å²) in [6.45, 7) is 8.67. The average Bonchev–Trinajstić information content (AvgIpc) is 3.35. The molecule has 1 saturated heterocycles. The van der Waals surface area contributed by atoms with E-state index >= 15 is 0 Å². The van der Waals surface area contributed by atoms with Gasteiger partial charge >= 0.3 is 5.97 Å². The molecule has 0 bridgehead atoms. The lowest BCUT2D eigenvalue weighted by molar-refractivity contribution is -0.139. The maximum Gasteiger partial charge on any atom is 0.338 e. The molecule has 198 valence electrons. The Bertz CT molecular complexity index is 1280. The maximum absolute atomic E-state index is 13.6. The highest BCUT2D eigenvalue weighted by atomic mass is 32.2. The molecule has 0 N–H and O–H groups in total. The molecule has 0 radical (unpaired) electrons. The van der Waals surface area contributed by atoms with Gasteiger partial charge < -0.3 is 19.3 Å². The highest BCUT2D eigenvalue weighted by Crippen LogP contribution is 2.47. The van der Waals surface area contributed by atoms with Crippen molar-refractivity contribution in [1.82, 2.24) is 9.80 Å². The first-order valence-electron chi connectivity index (χ1n) is 13.1. The predicted octanol–water partition coefficient (Wildman–Crippen LogP) is 5.33. The van der Waals surface area contributed by atoms with E-state index < -0.39 is 12.0 Å². The van der Waals surface area contributed by atoms with Crippen LogP contribution in [0.4, 0.5) is 0 Å². The molecule has 2 aromatic carbocycles. The minimum atomic E-state index is -0.475. The zero-order valence-electron chi connectivity index (χ0n) is 22.1. The molecule has 1 fully saturated rings. The minimum Gasteiger partial charge on any atom is -0.463 e. The number of nitrogens with zero attached hydrogens (tertiary/aromatic N) is 3. The van der Waals surface area contributed by atoms with Crippen LogP contribution >= 0.6 is 11.8 Å². The number of hydrogen-bond donors (Lipinski definition) is 0. The molecule has 0 spiro atoms. The van der Waals surface area contributed by atoms with Gasteiger partial charge in [-0.3, -0.25) is 4.79 Å². The highest BCUT2D eigenvalue weighted by molar-refractivity contribution is 8.16. The number of hydrogen-bond acceptors (Lipinski definition) is 7. The third-order valence-electron chi connectivity index (χ3n) is 6.97. The van der Waals surface area contributed by atoms with E-state index in [9.17, 15) is 9.59 Å². The molecule has 0 aliphatic carbocycles. The van der Waals surface area contributed by atoms with E-state index in [4.69, 9.17) is 14.5 Å². The number of amidine groups is 1. The number of carbonyl (C=O) groups excluding carboxylic acids is 2. The summed E-state index contributed by atoms with van der Waals surface area (Å²) in [5, 5.41) is 2.74. The topological polar surface area (TPSA) is 71.4 Å². The normalized spacial score (nSPS) is 19.3. The molecule has 1 unspecified atom stereocenters. The Morgan fingerprint density at radius 2 is 1.79 bits per heavy atom. The van der Waals surface area contributed by atoms with E-state index in [1.54, 1.807) is 0 Å². The van der Waals surface area contributed by atoms with Crippen LogP contribution in [0.1, 0.15) is 55.8 Å². The number of ether oxygens (including phenoxy) is 2. The van der Waals surface area contributed by atoms with Gasteiger partial charge in [0.2, 0.25) is 5.91 Å². The third kappa shape index (κ3) is 5.28. The fourth-order valence-corrected chi connectivity index (χ4v) is 5.87. The average molecular weight is 532 g/mol. The molecule has 0 aromatic heterocycles. The number of morpholine rings is 1. The van der Waals surface area contributed by atoms with Crippen molar-refractivity contribution in [3.63, 3.8) is 0 Å². The molecule has 38 heavy (non-hydrogen) atoms. The van der Waals surface area contributed by atoms with Gasteiger partial charge in [0, 0.05) is 24.4 Å². The highest BCUT2D eigenvalue weighted by Gasteiger charge is 2.42. The predicted molar refractivity (Wildman–Crippen MR) is 150 cm³/mol. The largest absolute Gasteiger partial charge is 0.463 e. The van der Waals surface area contributed by atoms with Crippen molar-refractivity contribution in [1.29, 1.82) is 0 Å². The number of thioether (sulfide) groups is 1. The van der Waals surface area contributed by atoms with Gasteiger partial charge in [0.15, 0.2) is 5.17 Å². The van der Waals surface area contributed by atoms with E-state index in [0.717, 1.165) is 22.0 Å². The molecule has 1 atom stereocenters. The number of carbonyl (C=O) groups is 2. The van der Waals surface area contributed by atoms with Gasteiger partial charge in [-0.1, -0.05) is 80.2 Å². The number of benzene rings is 2. The van der Waals surface area contributed by atoms with Crippen molar-refractivity contribution in [3.05, 3.63) is 88.0 Å². The van der Waals surface area contributed by atoms with Crippen molar-refractivity contribution in [2.75, 3.05) is 32.9 Å². The Kier molecular flexibility index (Phi) is 8.00. The van der Waals surface area contributed by atoms with Crippen LogP contribution in [0, 0.1) is 0 Å². The summed E-state index contributed by atoms with van der Waals surface area (Å²) < 4.78 is 11.0. The van der Waals surface area contributed by atoms with Gasteiger partial charge in [-0.15, -0.1) is 0 Å². The summed E-state index contributed by atoms with van der Waals surface area (Å²) >= 11 is 1.49. The summed E-state index contributed by atoms with van der Waals surface area (Å²) in [5.74, 6) is 0.0325. The van der Waals surface area contributed by atoms with Crippen molar-refractivity contribution in [2.45, 2.75) is 39.2 Å². The van der Waals surface area contributed by atoms with E-state index in [1.165, 1.54) is 17.3 Å². The third-order valence-corrected chi connectivity index (χ3v) is 7.86. The number of fused-ring (bicyclic) bond motifs is 1. The Labute approximate surface area is 228 Å². The first kappa shape index (κ1) is 26.3. The Morgan fingerprint density at radius 3 is 2.45 bits per heavy atom. The molecule has 5 rings (SSSR count). The molecule has 3 aliphatic rings. The molecule has 0 saturated carbocycles. The van der Waals surface area contributed by atoms with Gasteiger partial charge in [0.05, 0.1) is 43.6 Å². The summed E-state index contributed by atoms with van der Waals surface area (Å²) in [7, 11) is 0. The second kappa shape index (κ2) is 11.6. The van der Waals surface area contributed by atoms with Crippen molar-refractivity contribution < 1.29 is 19.1 Å². The maximum atomic E-state index is 13.6. The molecule has 1 amide bonds. The van der Waals surface area contributed by atoms with E-state index in [2.05, 4.69) is 38.1 Å². The van der Waals surface area contributed by atoms with Crippen molar-refractivity contribution in [2.24, 2.45) is 4.99 Å². The Balaban J connectivity index is 1.60. The second-order valence-corrected chi connectivity index (χ2v) is 10.6. The quantitative estimate of drug-likeness (QED) is 0.450. The summed E-state index contributed by atoms with van der Waals surface area (Å²) in [5.41, 5.74) is 4.94. The van der Waals surface area contributed by atoms with Crippen LogP contribution in [0.2, 0.25) is 0 Å². The second-order valence-electron chi connectivity index (χ2n) is 9.73. The molecule has 2 aromatic rings. The molecule has 8 heteroatoms. The molecular weight excluding hydrogens is 498 g/mol. The summed E-state index contributed by atoms with van der Waals surface area (Å²) in [6.07, 6.45) is 0.226. The fourth-order valence-electron chi connectivity index (χ4n) is 4.95. The van der Waals surface area contributed by atoms with Gasteiger partial charge in [0.1, 0.15) is 0 Å². The Hall–Kier alpha value is -3.36. The van der Waals surface area contributed by atoms with Crippen LogP contribution in [0.5, 0.6) is 0 Å². The lowest BCUT2D eigenvalue weighted by Crippen LogP contribution is -2.42. The smallest absolute Gasteiger partial charge is 0.338 e.